The van der Waals surface area contributed by atoms with Gasteiger partial charge in [0.1, 0.15) is 10.8 Å². The van der Waals surface area contributed by atoms with Crippen molar-refractivity contribution in [2.24, 2.45) is 0 Å². The van der Waals surface area contributed by atoms with Gasteiger partial charge in [0.2, 0.25) is 5.91 Å². The van der Waals surface area contributed by atoms with E-state index in [1.54, 1.807) is 29.5 Å². The van der Waals surface area contributed by atoms with E-state index >= 15 is 0 Å². The molecule has 0 saturated carbocycles. The third kappa shape index (κ3) is 5.26. The van der Waals surface area contributed by atoms with Crippen LogP contribution in [0.4, 0.5) is 10.1 Å². The van der Waals surface area contributed by atoms with Gasteiger partial charge in [-0.3, -0.25) is 14.6 Å². The summed E-state index contributed by atoms with van der Waals surface area (Å²) in [5.74, 6) is -0.598. The molecule has 150 valence electrons. The van der Waals surface area contributed by atoms with Crippen LogP contribution in [0, 0.1) is 5.82 Å². The second-order valence-corrected chi connectivity index (χ2v) is 7.95. The molecule has 1 amide bonds. The molecule has 29 heavy (non-hydrogen) atoms. The van der Waals surface area contributed by atoms with Crippen LogP contribution >= 0.6 is 11.3 Å². The highest BCUT2D eigenvalue weighted by molar-refractivity contribution is 7.13. The molecule has 1 aromatic heterocycles. The summed E-state index contributed by atoms with van der Waals surface area (Å²) in [5, 5.41) is 5.82. The number of aromatic nitrogens is 1. The molecule has 3 aromatic rings. The summed E-state index contributed by atoms with van der Waals surface area (Å²) >= 11 is 1.67. The zero-order chi connectivity index (χ0) is 20.1. The molecule has 0 bridgehead atoms. The monoisotopic (exact) mass is 410 g/mol. The zero-order valence-electron chi connectivity index (χ0n) is 16.1. The van der Waals surface area contributed by atoms with Gasteiger partial charge in [0.05, 0.1) is 17.9 Å². The minimum absolute atomic E-state index is 0.185. The molecular formula is C22H23FN4OS. The predicted molar refractivity (Wildman–Crippen MR) is 114 cm³/mol. The number of anilines is 1. The number of nitrogens with one attached hydrogen (secondary N) is 1. The van der Waals surface area contributed by atoms with Crippen molar-refractivity contribution >= 4 is 22.9 Å². The number of rotatable bonds is 6. The van der Waals surface area contributed by atoms with Gasteiger partial charge < -0.3 is 5.32 Å². The number of thiazole rings is 1. The number of para-hydroxylation sites is 1. The van der Waals surface area contributed by atoms with E-state index < -0.39 is 5.82 Å². The summed E-state index contributed by atoms with van der Waals surface area (Å²) in [4.78, 5) is 21.4. The van der Waals surface area contributed by atoms with Crippen molar-refractivity contribution in [3.8, 4) is 10.6 Å². The van der Waals surface area contributed by atoms with Crippen LogP contribution in [-0.2, 0) is 11.3 Å². The van der Waals surface area contributed by atoms with Gasteiger partial charge in [-0.15, -0.1) is 11.3 Å². The average Bonchev–Trinajstić information content (AvgIpc) is 3.20. The van der Waals surface area contributed by atoms with E-state index in [1.807, 2.05) is 18.2 Å². The molecule has 1 aliphatic heterocycles. The summed E-state index contributed by atoms with van der Waals surface area (Å²) in [6, 6.07) is 16.4. The van der Waals surface area contributed by atoms with Crippen molar-refractivity contribution in [2.75, 3.05) is 38.0 Å². The molecule has 5 nitrogen and oxygen atoms in total. The number of nitrogens with zero attached hydrogens (tertiary/aromatic N) is 3. The van der Waals surface area contributed by atoms with Gasteiger partial charge in [0.15, 0.2) is 0 Å². The van der Waals surface area contributed by atoms with Gasteiger partial charge in [0.25, 0.3) is 0 Å². The standard InChI is InChI=1S/C22H23FN4OS/c23-19-8-4-5-9-20(19)25-21(28)15-27-12-10-26(11-13-27)14-18-16-29-22(24-18)17-6-2-1-3-7-17/h1-9,16H,10-15H2,(H,25,28). The number of benzene rings is 2. The lowest BCUT2D eigenvalue weighted by molar-refractivity contribution is -0.117. The molecule has 4 rings (SSSR count). The summed E-state index contributed by atoms with van der Waals surface area (Å²) in [5.41, 5.74) is 2.46. The SMILES string of the molecule is O=C(CN1CCN(Cc2csc(-c3ccccc3)n2)CC1)Nc1ccccc1F. The normalized spacial score (nSPS) is 15.3. The molecule has 1 fully saturated rings. The van der Waals surface area contributed by atoms with Crippen LogP contribution in [0.5, 0.6) is 0 Å². The quantitative estimate of drug-likeness (QED) is 0.673. The molecule has 0 aliphatic carbocycles. The van der Waals surface area contributed by atoms with E-state index in [0.29, 0.717) is 0 Å². The van der Waals surface area contributed by atoms with Crippen molar-refractivity contribution in [1.82, 2.24) is 14.8 Å². The Balaban J connectivity index is 1.24. The van der Waals surface area contributed by atoms with Crippen molar-refractivity contribution in [2.45, 2.75) is 6.54 Å². The minimum atomic E-state index is -0.413. The minimum Gasteiger partial charge on any atom is -0.322 e. The van der Waals surface area contributed by atoms with Crippen LogP contribution in [0.2, 0.25) is 0 Å². The Morgan fingerprint density at radius 3 is 2.45 bits per heavy atom. The van der Waals surface area contributed by atoms with Crippen molar-refractivity contribution < 1.29 is 9.18 Å². The van der Waals surface area contributed by atoms with Gasteiger partial charge in [-0.05, 0) is 12.1 Å². The zero-order valence-corrected chi connectivity index (χ0v) is 16.9. The summed E-state index contributed by atoms with van der Waals surface area (Å²) < 4.78 is 13.7. The topological polar surface area (TPSA) is 48.5 Å². The van der Waals surface area contributed by atoms with E-state index in [9.17, 15) is 9.18 Å². The molecule has 0 unspecified atom stereocenters. The van der Waals surface area contributed by atoms with Gasteiger partial charge in [-0.2, -0.15) is 0 Å². The molecule has 0 spiro atoms. The fourth-order valence-corrected chi connectivity index (χ4v) is 4.20. The van der Waals surface area contributed by atoms with E-state index in [2.05, 4.69) is 32.6 Å². The summed E-state index contributed by atoms with van der Waals surface area (Å²) in [6.07, 6.45) is 0. The Bertz CT molecular complexity index is 954. The molecule has 1 aliphatic rings. The first-order valence-electron chi connectivity index (χ1n) is 9.66. The largest absolute Gasteiger partial charge is 0.322 e. The van der Waals surface area contributed by atoms with Crippen LogP contribution in [0.25, 0.3) is 10.6 Å². The van der Waals surface area contributed by atoms with E-state index in [1.165, 1.54) is 6.07 Å². The highest BCUT2D eigenvalue weighted by Crippen LogP contribution is 2.24. The number of halogens is 1. The maximum absolute atomic E-state index is 13.7. The number of piperazine rings is 1. The Hall–Kier alpha value is -2.61. The number of hydrogen-bond acceptors (Lipinski definition) is 5. The van der Waals surface area contributed by atoms with Crippen molar-refractivity contribution in [3.63, 3.8) is 0 Å². The molecular weight excluding hydrogens is 387 g/mol. The molecule has 0 atom stereocenters. The second kappa shape index (κ2) is 9.26. The molecule has 7 heteroatoms. The second-order valence-electron chi connectivity index (χ2n) is 7.09. The molecule has 2 heterocycles. The highest BCUT2D eigenvalue weighted by Gasteiger charge is 2.20. The van der Waals surface area contributed by atoms with E-state index in [-0.39, 0.29) is 18.1 Å². The lowest BCUT2D eigenvalue weighted by Gasteiger charge is -2.33. The van der Waals surface area contributed by atoms with Crippen LogP contribution in [0.15, 0.2) is 60.0 Å². The van der Waals surface area contributed by atoms with Crippen molar-refractivity contribution in [1.29, 1.82) is 0 Å². The fraction of sp³-hybridized carbons (Fsp3) is 0.273. The van der Waals surface area contributed by atoms with Crippen molar-refractivity contribution in [3.05, 3.63) is 71.5 Å². The lowest BCUT2D eigenvalue weighted by atomic mass is 10.2. The maximum atomic E-state index is 13.7. The Morgan fingerprint density at radius 2 is 1.69 bits per heavy atom. The van der Waals surface area contributed by atoms with Crippen LogP contribution < -0.4 is 5.32 Å². The first kappa shape index (κ1) is 19.7. The third-order valence-corrected chi connectivity index (χ3v) is 5.88. The highest BCUT2D eigenvalue weighted by atomic mass is 32.1. The Labute approximate surface area is 173 Å². The summed E-state index contributed by atoms with van der Waals surface area (Å²) in [6.45, 7) is 4.47. The molecule has 1 saturated heterocycles. The van der Waals surface area contributed by atoms with Crippen LogP contribution in [-0.4, -0.2) is 53.4 Å². The first-order chi connectivity index (χ1) is 14.2. The van der Waals surface area contributed by atoms with Gasteiger partial charge in [-0.1, -0.05) is 42.5 Å². The molecule has 2 aromatic carbocycles. The summed E-state index contributed by atoms with van der Waals surface area (Å²) in [7, 11) is 0. The van der Waals surface area contributed by atoms with Gasteiger partial charge in [0, 0.05) is 43.7 Å². The van der Waals surface area contributed by atoms with Crippen LogP contribution in [0.3, 0.4) is 0 Å². The van der Waals surface area contributed by atoms with E-state index in [0.717, 1.165) is 49.0 Å². The van der Waals surface area contributed by atoms with E-state index in [4.69, 9.17) is 4.98 Å². The molecule has 0 radical (unpaired) electrons. The smallest absolute Gasteiger partial charge is 0.238 e. The number of amides is 1. The Kier molecular flexibility index (Phi) is 6.29. The number of carbonyl (C=O) groups excluding carboxylic acids is 1. The Morgan fingerprint density at radius 1 is 1.00 bits per heavy atom. The first-order valence-corrected chi connectivity index (χ1v) is 10.5. The number of hydrogen-bond donors (Lipinski definition) is 1. The van der Waals surface area contributed by atoms with Gasteiger partial charge in [-0.25, -0.2) is 9.37 Å². The maximum Gasteiger partial charge on any atom is 0.238 e. The predicted octanol–water partition coefficient (Wildman–Crippen LogP) is 3.71. The number of carbonyl (C=O) groups is 1. The average molecular weight is 411 g/mol. The lowest BCUT2D eigenvalue weighted by Crippen LogP contribution is -2.48. The fourth-order valence-electron chi connectivity index (χ4n) is 3.38. The van der Waals surface area contributed by atoms with Gasteiger partial charge >= 0.3 is 0 Å². The third-order valence-electron chi connectivity index (χ3n) is 4.94. The molecule has 1 N–H and O–H groups in total. The van der Waals surface area contributed by atoms with Crippen LogP contribution in [0.1, 0.15) is 5.69 Å².